The number of hydrogen-bond acceptors (Lipinski definition) is 5. The summed E-state index contributed by atoms with van der Waals surface area (Å²) in [5, 5.41) is 16.5. The molecule has 0 bridgehead atoms. The minimum absolute atomic E-state index is 0.0349. The maximum Gasteiger partial charge on any atom is 0.416 e. The average Bonchev–Trinajstić information content (AvgIpc) is 2.75. The van der Waals surface area contributed by atoms with Gasteiger partial charge in [0.15, 0.2) is 6.23 Å². The van der Waals surface area contributed by atoms with Gasteiger partial charge in [-0.25, -0.2) is 5.01 Å². The van der Waals surface area contributed by atoms with Crippen molar-refractivity contribution in [2.45, 2.75) is 19.3 Å². The monoisotopic (exact) mass is 459 g/mol. The number of rotatable bonds is 3. The van der Waals surface area contributed by atoms with E-state index in [2.05, 4.69) is 10.4 Å². The lowest BCUT2D eigenvalue weighted by Gasteiger charge is -2.35. The molecule has 3 aromatic rings. The van der Waals surface area contributed by atoms with Gasteiger partial charge in [-0.2, -0.15) is 18.6 Å². The van der Waals surface area contributed by atoms with Crippen molar-refractivity contribution in [1.29, 1.82) is 10.8 Å². The third kappa shape index (κ3) is 4.17. The van der Waals surface area contributed by atoms with Gasteiger partial charge in [-0.3, -0.25) is 15.8 Å². The van der Waals surface area contributed by atoms with Crippen LogP contribution in [0, 0.1) is 17.7 Å². The number of halogens is 4. The van der Waals surface area contributed by atoms with Crippen molar-refractivity contribution in [3.8, 4) is 16.9 Å². The van der Waals surface area contributed by atoms with Gasteiger partial charge in [0.05, 0.1) is 5.56 Å². The maximum atomic E-state index is 13.4. The van der Waals surface area contributed by atoms with Crippen molar-refractivity contribution in [2.24, 2.45) is 0 Å². The molecule has 1 aliphatic rings. The van der Waals surface area contributed by atoms with E-state index < -0.39 is 23.3 Å². The van der Waals surface area contributed by atoms with E-state index in [1.54, 1.807) is 49.5 Å². The highest BCUT2D eigenvalue weighted by molar-refractivity contribution is 6.65. The van der Waals surface area contributed by atoms with Crippen LogP contribution in [0.3, 0.4) is 0 Å². The normalized spacial score (nSPS) is 16.0. The molecule has 0 saturated carbocycles. The molecule has 1 unspecified atom stereocenters. The second kappa shape index (κ2) is 8.25. The van der Waals surface area contributed by atoms with Gasteiger partial charge >= 0.3 is 6.18 Å². The van der Waals surface area contributed by atoms with Crippen LogP contribution in [0.4, 0.5) is 13.2 Å². The zero-order chi connectivity index (χ0) is 23.0. The highest BCUT2D eigenvalue weighted by Crippen LogP contribution is 2.39. The van der Waals surface area contributed by atoms with E-state index in [1.807, 2.05) is 0 Å². The Hall–Kier alpha value is -3.43. The van der Waals surface area contributed by atoms with E-state index in [-0.39, 0.29) is 11.6 Å². The Morgan fingerprint density at radius 1 is 1.12 bits per heavy atom. The van der Waals surface area contributed by atoms with Gasteiger partial charge in [0, 0.05) is 34.1 Å². The van der Waals surface area contributed by atoms with Crippen LogP contribution in [-0.2, 0) is 6.18 Å². The molecule has 0 aliphatic carbocycles. The number of ether oxygens (including phenoxy) is 1. The fourth-order valence-electron chi connectivity index (χ4n) is 3.35. The van der Waals surface area contributed by atoms with Crippen LogP contribution >= 0.6 is 11.6 Å². The molecule has 4 rings (SSSR count). The molecule has 1 atom stereocenters. The second-order valence-electron chi connectivity index (χ2n) is 7.09. The van der Waals surface area contributed by atoms with Crippen LogP contribution in [0.2, 0.25) is 0 Å². The molecule has 10 heteroatoms. The standard InChI is InChI=1S/C22H17ClF3N5O/c1-12-6-7-13(11-29-12)15-9-8-14(22(24,25)26)10-18(15)32-20-17-5-3-2-4-16(17)19(27)31(30-20)21(23)28/h2-11,20,27-28,30H,1H3. The number of fused-ring (bicyclic) bond motifs is 1. The van der Waals surface area contributed by atoms with Gasteiger partial charge in [0.1, 0.15) is 11.6 Å². The zero-order valence-corrected chi connectivity index (χ0v) is 17.4. The number of alkyl halides is 3. The first-order valence-electron chi connectivity index (χ1n) is 9.44. The Kier molecular flexibility index (Phi) is 5.62. The Morgan fingerprint density at radius 3 is 2.53 bits per heavy atom. The minimum atomic E-state index is -4.56. The number of pyridine rings is 1. The number of hydrogen-bond donors (Lipinski definition) is 3. The summed E-state index contributed by atoms with van der Waals surface area (Å²) in [4.78, 5) is 4.22. The van der Waals surface area contributed by atoms with Crippen molar-refractivity contribution in [2.75, 3.05) is 0 Å². The Morgan fingerprint density at radius 2 is 1.88 bits per heavy atom. The van der Waals surface area contributed by atoms with E-state index in [0.29, 0.717) is 22.3 Å². The van der Waals surface area contributed by atoms with Crippen molar-refractivity contribution >= 4 is 22.7 Å². The molecule has 3 N–H and O–H groups in total. The minimum Gasteiger partial charge on any atom is -0.469 e. The molecule has 2 aromatic carbocycles. The second-order valence-corrected chi connectivity index (χ2v) is 7.44. The molecule has 2 heterocycles. The SMILES string of the molecule is Cc1ccc(-c2ccc(C(F)(F)F)cc2OC2NN(C(=N)Cl)C(=N)c3ccccc32)cn1. The van der Waals surface area contributed by atoms with Crippen LogP contribution in [0.25, 0.3) is 11.1 Å². The van der Waals surface area contributed by atoms with Crippen LogP contribution in [0.5, 0.6) is 5.75 Å². The quantitative estimate of drug-likeness (QED) is 0.275. The summed E-state index contributed by atoms with van der Waals surface area (Å²) in [6, 6.07) is 13.5. The predicted octanol–water partition coefficient (Wildman–Crippen LogP) is 5.47. The summed E-state index contributed by atoms with van der Waals surface area (Å²) in [7, 11) is 0. The van der Waals surface area contributed by atoms with Gasteiger partial charge in [-0.1, -0.05) is 30.3 Å². The van der Waals surface area contributed by atoms with Crippen molar-refractivity contribution in [1.82, 2.24) is 15.4 Å². The summed E-state index contributed by atoms with van der Waals surface area (Å²) < 4.78 is 46.3. The summed E-state index contributed by atoms with van der Waals surface area (Å²) >= 11 is 5.81. The highest BCUT2D eigenvalue weighted by Gasteiger charge is 2.34. The predicted molar refractivity (Wildman–Crippen MR) is 115 cm³/mol. The molecule has 6 nitrogen and oxygen atoms in total. The first-order valence-corrected chi connectivity index (χ1v) is 9.82. The first kappa shape index (κ1) is 21.8. The number of aryl methyl sites for hydroxylation is 1. The number of hydrazine groups is 1. The average molecular weight is 460 g/mol. The number of aromatic nitrogens is 1. The van der Waals surface area contributed by atoms with E-state index in [4.69, 9.17) is 27.2 Å². The van der Waals surface area contributed by atoms with E-state index >= 15 is 0 Å². The number of benzene rings is 2. The Labute approximate surface area is 186 Å². The molecular weight excluding hydrogens is 443 g/mol. The fourth-order valence-corrected chi connectivity index (χ4v) is 3.48. The fraction of sp³-hybridized carbons (Fsp3) is 0.136. The Balaban J connectivity index is 1.81. The topological polar surface area (TPSA) is 85.1 Å². The van der Waals surface area contributed by atoms with Gasteiger partial charge in [-0.05, 0) is 42.8 Å². The van der Waals surface area contributed by atoms with Gasteiger partial charge in [0.25, 0.3) is 0 Å². The van der Waals surface area contributed by atoms with Gasteiger partial charge in [-0.15, -0.1) is 0 Å². The van der Waals surface area contributed by atoms with Crippen molar-refractivity contribution in [3.63, 3.8) is 0 Å². The molecule has 0 amide bonds. The van der Waals surface area contributed by atoms with E-state index in [0.717, 1.165) is 22.8 Å². The Bertz CT molecular complexity index is 1200. The third-order valence-electron chi connectivity index (χ3n) is 4.94. The maximum absolute atomic E-state index is 13.4. The van der Waals surface area contributed by atoms with Crippen molar-refractivity contribution in [3.05, 3.63) is 83.2 Å². The molecule has 32 heavy (non-hydrogen) atoms. The number of nitrogens with one attached hydrogen (secondary N) is 3. The summed E-state index contributed by atoms with van der Waals surface area (Å²) in [5.74, 6) is -0.111. The van der Waals surface area contributed by atoms with Crippen LogP contribution in [0.15, 0.2) is 60.8 Å². The van der Waals surface area contributed by atoms with Crippen molar-refractivity contribution < 1.29 is 17.9 Å². The largest absolute Gasteiger partial charge is 0.469 e. The zero-order valence-electron chi connectivity index (χ0n) is 16.7. The molecule has 0 radical (unpaired) electrons. The number of amidine groups is 2. The summed E-state index contributed by atoms with van der Waals surface area (Å²) in [6.45, 7) is 1.81. The molecule has 1 aliphatic heterocycles. The lowest BCUT2D eigenvalue weighted by atomic mass is 10.0. The lowest BCUT2D eigenvalue weighted by molar-refractivity contribution is -0.137. The summed E-state index contributed by atoms with van der Waals surface area (Å²) in [6.07, 6.45) is -4.00. The molecule has 1 aromatic heterocycles. The molecular formula is C22H17ClF3N5O. The van der Waals surface area contributed by atoms with Crippen LogP contribution in [0.1, 0.15) is 28.6 Å². The molecule has 0 saturated heterocycles. The van der Waals surface area contributed by atoms with Gasteiger partial charge < -0.3 is 4.74 Å². The first-order chi connectivity index (χ1) is 15.1. The molecule has 164 valence electrons. The lowest BCUT2D eigenvalue weighted by Crippen LogP contribution is -2.52. The number of nitrogens with zero attached hydrogens (tertiary/aromatic N) is 2. The van der Waals surface area contributed by atoms with Crippen LogP contribution in [-0.4, -0.2) is 21.1 Å². The third-order valence-corrected chi connectivity index (χ3v) is 5.11. The van der Waals surface area contributed by atoms with E-state index in [1.165, 1.54) is 6.07 Å². The molecule has 0 fully saturated rings. The molecule has 0 spiro atoms. The smallest absolute Gasteiger partial charge is 0.416 e. The highest BCUT2D eigenvalue weighted by atomic mass is 35.5. The summed E-state index contributed by atoms with van der Waals surface area (Å²) in [5.41, 5.74) is 4.64. The van der Waals surface area contributed by atoms with Crippen LogP contribution < -0.4 is 10.2 Å². The van der Waals surface area contributed by atoms with Gasteiger partial charge in [0.2, 0.25) is 5.29 Å². The van der Waals surface area contributed by atoms with E-state index in [9.17, 15) is 13.2 Å².